The second kappa shape index (κ2) is 5.50. The summed E-state index contributed by atoms with van der Waals surface area (Å²) in [5.41, 5.74) is 2.26. The van der Waals surface area contributed by atoms with Gasteiger partial charge in [0.25, 0.3) is 0 Å². The standard InChI is InChI=1S/C14H15IOS/c1-9-7-13(10(2)17-9)14(16)8-11-3-5-12(15)6-4-11/h3-7,14,16H,8H2,1-2H3. The minimum atomic E-state index is -0.389. The zero-order valence-electron chi connectivity index (χ0n) is 9.90. The maximum absolute atomic E-state index is 10.2. The lowest BCUT2D eigenvalue weighted by Crippen LogP contribution is -2.01. The van der Waals surface area contributed by atoms with Gasteiger partial charge in [0.1, 0.15) is 0 Å². The third-order valence-electron chi connectivity index (χ3n) is 2.78. The first-order chi connectivity index (χ1) is 8.06. The van der Waals surface area contributed by atoms with Crippen molar-refractivity contribution in [2.45, 2.75) is 26.4 Å². The Bertz CT molecular complexity index is 501. The van der Waals surface area contributed by atoms with E-state index in [-0.39, 0.29) is 6.10 Å². The molecule has 0 spiro atoms. The lowest BCUT2D eigenvalue weighted by molar-refractivity contribution is 0.178. The number of benzene rings is 1. The van der Waals surface area contributed by atoms with Crippen molar-refractivity contribution in [2.75, 3.05) is 0 Å². The van der Waals surface area contributed by atoms with E-state index in [9.17, 15) is 5.11 Å². The number of halogens is 1. The van der Waals surface area contributed by atoms with Crippen LogP contribution in [0.15, 0.2) is 30.3 Å². The fourth-order valence-electron chi connectivity index (χ4n) is 1.94. The van der Waals surface area contributed by atoms with Gasteiger partial charge in [-0.1, -0.05) is 12.1 Å². The number of aliphatic hydroxyl groups is 1. The molecule has 0 amide bonds. The van der Waals surface area contributed by atoms with Crippen LogP contribution in [0.1, 0.15) is 27.0 Å². The van der Waals surface area contributed by atoms with Crippen LogP contribution in [-0.4, -0.2) is 5.11 Å². The predicted molar refractivity (Wildman–Crippen MR) is 81.6 cm³/mol. The quantitative estimate of drug-likeness (QED) is 0.814. The van der Waals surface area contributed by atoms with E-state index in [1.807, 2.05) is 0 Å². The summed E-state index contributed by atoms with van der Waals surface area (Å²) >= 11 is 4.04. The van der Waals surface area contributed by atoms with Gasteiger partial charge in [0.05, 0.1) is 6.10 Å². The van der Waals surface area contributed by atoms with E-state index in [0.29, 0.717) is 6.42 Å². The summed E-state index contributed by atoms with van der Waals surface area (Å²) in [5, 5.41) is 10.2. The van der Waals surface area contributed by atoms with Gasteiger partial charge in [-0.25, -0.2) is 0 Å². The van der Waals surface area contributed by atoms with Gasteiger partial charge in [-0.2, -0.15) is 0 Å². The largest absolute Gasteiger partial charge is 0.388 e. The van der Waals surface area contributed by atoms with Crippen LogP contribution in [0, 0.1) is 17.4 Å². The van der Waals surface area contributed by atoms with Crippen molar-refractivity contribution in [1.82, 2.24) is 0 Å². The van der Waals surface area contributed by atoms with Crippen LogP contribution < -0.4 is 0 Å². The molecule has 17 heavy (non-hydrogen) atoms. The maximum atomic E-state index is 10.2. The third kappa shape index (κ3) is 3.30. The van der Waals surface area contributed by atoms with E-state index in [0.717, 1.165) is 5.56 Å². The van der Waals surface area contributed by atoms with Gasteiger partial charge >= 0.3 is 0 Å². The lowest BCUT2D eigenvalue weighted by Gasteiger charge is -2.10. The highest BCUT2D eigenvalue weighted by Crippen LogP contribution is 2.28. The molecule has 3 heteroatoms. The zero-order chi connectivity index (χ0) is 12.4. The summed E-state index contributed by atoms with van der Waals surface area (Å²) in [7, 11) is 0. The van der Waals surface area contributed by atoms with Crippen LogP contribution in [0.25, 0.3) is 0 Å². The van der Waals surface area contributed by atoms with Gasteiger partial charge in [-0.05, 0) is 65.8 Å². The van der Waals surface area contributed by atoms with Gasteiger partial charge in [0.2, 0.25) is 0 Å². The normalized spacial score (nSPS) is 12.7. The SMILES string of the molecule is Cc1cc(C(O)Cc2ccc(I)cc2)c(C)s1. The molecule has 1 nitrogen and oxygen atoms in total. The average molecular weight is 358 g/mol. The molecule has 2 rings (SSSR count). The van der Waals surface area contributed by atoms with Gasteiger partial charge < -0.3 is 5.11 Å². The number of aryl methyl sites for hydroxylation is 2. The Balaban J connectivity index is 2.14. The van der Waals surface area contributed by atoms with Crippen molar-refractivity contribution in [2.24, 2.45) is 0 Å². The molecule has 1 aromatic heterocycles. The number of hydrogen-bond acceptors (Lipinski definition) is 2. The van der Waals surface area contributed by atoms with E-state index in [4.69, 9.17) is 0 Å². The molecule has 0 saturated carbocycles. The molecule has 0 fully saturated rings. The molecule has 0 saturated heterocycles. The molecule has 0 radical (unpaired) electrons. The van der Waals surface area contributed by atoms with E-state index >= 15 is 0 Å². The Kier molecular flexibility index (Phi) is 4.22. The van der Waals surface area contributed by atoms with Gasteiger partial charge in [-0.15, -0.1) is 11.3 Å². The Morgan fingerprint density at radius 2 is 1.88 bits per heavy atom. The average Bonchev–Trinajstić information content (AvgIpc) is 2.61. The third-order valence-corrected chi connectivity index (χ3v) is 4.48. The Labute approximate surface area is 120 Å². The van der Waals surface area contributed by atoms with Crippen molar-refractivity contribution in [3.05, 3.63) is 54.8 Å². The van der Waals surface area contributed by atoms with Crippen molar-refractivity contribution in [1.29, 1.82) is 0 Å². The van der Waals surface area contributed by atoms with E-state index in [2.05, 4.69) is 66.8 Å². The molecule has 1 unspecified atom stereocenters. The summed E-state index contributed by atoms with van der Waals surface area (Å²) < 4.78 is 1.23. The second-order valence-electron chi connectivity index (χ2n) is 4.21. The molecule has 1 N–H and O–H groups in total. The highest BCUT2D eigenvalue weighted by atomic mass is 127. The summed E-state index contributed by atoms with van der Waals surface area (Å²) in [5.74, 6) is 0. The zero-order valence-corrected chi connectivity index (χ0v) is 12.9. The number of thiophene rings is 1. The fourth-order valence-corrected chi connectivity index (χ4v) is 3.28. The number of aliphatic hydroxyl groups excluding tert-OH is 1. The first kappa shape index (κ1) is 13.1. The van der Waals surface area contributed by atoms with Gasteiger partial charge in [-0.3, -0.25) is 0 Å². The predicted octanol–water partition coefficient (Wildman–Crippen LogP) is 4.25. The van der Waals surface area contributed by atoms with Crippen LogP contribution in [0.4, 0.5) is 0 Å². The maximum Gasteiger partial charge on any atom is 0.0841 e. The van der Waals surface area contributed by atoms with Crippen LogP contribution in [0.2, 0.25) is 0 Å². The minimum absolute atomic E-state index is 0.389. The molecule has 2 aromatic rings. The summed E-state index contributed by atoms with van der Waals surface area (Å²) in [6, 6.07) is 10.4. The minimum Gasteiger partial charge on any atom is -0.388 e. The van der Waals surface area contributed by atoms with Crippen LogP contribution >= 0.6 is 33.9 Å². The lowest BCUT2D eigenvalue weighted by atomic mass is 10.0. The van der Waals surface area contributed by atoms with Crippen LogP contribution in [0.3, 0.4) is 0 Å². The molecule has 1 atom stereocenters. The van der Waals surface area contributed by atoms with E-state index < -0.39 is 0 Å². The first-order valence-electron chi connectivity index (χ1n) is 5.55. The van der Waals surface area contributed by atoms with Crippen molar-refractivity contribution in [3.8, 4) is 0 Å². The molecule has 0 aliphatic heterocycles. The molecule has 1 heterocycles. The van der Waals surface area contributed by atoms with Gasteiger partial charge in [0.15, 0.2) is 0 Å². The molecule has 1 aromatic carbocycles. The smallest absolute Gasteiger partial charge is 0.0841 e. The van der Waals surface area contributed by atoms with Crippen molar-refractivity contribution < 1.29 is 5.11 Å². The Morgan fingerprint density at radius 3 is 2.41 bits per heavy atom. The van der Waals surface area contributed by atoms with Crippen molar-refractivity contribution in [3.63, 3.8) is 0 Å². The monoisotopic (exact) mass is 358 g/mol. The molecular weight excluding hydrogens is 343 g/mol. The van der Waals surface area contributed by atoms with Crippen LogP contribution in [-0.2, 0) is 6.42 Å². The Hall–Kier alpha value is -0.390. The first-order valence-corrected chi connectivity index (χ1v) is 7.45. The molecule has 0 aliphatic rings. The highest BCUT2D eigenvalue weighted by molar-refractivity contribution is 14.1. The highest BCUT2D eigenvalue weighted by Gasteiger charge is 2.13. The molecule has 90 valence electrons. The molecule has 0 bridgehead atoms. The van der Waals surface area contributed by atoms with E-state index in [1.165, 1.54) is 18.9 Å². The summed E-state index contributed by atoms with van der Waals surface area (Å²) in [4.78, 5) is 2.49. The summed E-state index contributed by atoms with van der Waals surface area (Å²) in [6.07, 6.45) is 0.300. The number of hydrogen-bond donors (Lipinski definition) is 1. The summed E-state index contributed by atoms with van der Waals surface area (Å²) in [6.45, 7) is 4.16. The van der Waals surface area contributed by atoms with Crippen LogP contribution in [0.5, 0.6) is 0 Å². The number of rotatable bonds is 3. The van der Waals surface area contributed by atoms with Crippen molar-refractivity contribution >= 4 is 33.9 Å². The second-order valence-corrected chi connectivity index (χ2v) is 6.92. The topological polar surface area (TPSA) is 20.2 Å². The fraction of sp³-hybridized carbons (Fsp3) is 0.286. The Morgan fingerprint density at radius 1 is 1.24 bits per heavy atom. The molecular formula is C14H15IOS. The molecule has 0 aliphatic carbocycles. The van der Waals surface area contributed by atoms with E-state index in [1.54, 1.807) is 11.3 Å². The van der Waals surface area contributed by atoms with Gasteiger partial charge in [0, 0.05) is 19.7 Å².